The molecule has 0 aliphatic rings. The second-order valence-electron chi connectivity index (χ2n) is 6.13. The Morgan fingerprint density at radius 2 is 1.79 bits per heavy atom. The molecule has 142 valence electrons. The molecule has 4 aromatic rings. The van der Waals surface area contributed by atoms with E-state index in [1.165, 1.54) is 10.9 Å². The number of carbonyl (C=O) groups is 1. The van der Waals surface area contributed by atoms with Crippen LogP contribution in [0.15, 0.2) is 65.7 Å². The monoisotopic (exact) mass is 376 g/mol. The van der Waals surface area contributed by atoms with E-state index in [2.05, 4.69) is 15.0 Å². The minimum absolute atomic E-state index is 0.170. The van der Waals surface area contributed by atoms with Crippen molar-refractivity contribution in [3.8, 4) is 0 Å². The van der Waals surface area contributed by atoms with E-state index in [0.29, 0.717) is 23.3 Å². The maximum Gasteiger partial charge on any atom is 0.281 e. The number of nitrogen functional groups attached to an aromatic ring is 1. The Morgan fingerprint density at radius 3 is 2.43 bits per heavy atom. The van der Waals surface area contributed by atoms with Crippen molar-refractivity contribution >= 4 is 23.0 Å². The highest BCUT2D eigenvalue weighted by atomic mass is 16.1. The number of amides is 1. The van der Waals surface area contributed by atoms with Gasteiger partial charge in [0.15, 0.2) is 11.2 Å². The first-order chi connectivity index (χ1) is 13.5. The van der Waals surface area contributed by atoms with Gasteiger partial charge in [-0.05, 0) is 24.1 Å². The number of imidazole rings is 1. The summed E-state index contributed by atoms with van der Waals surface area (Å²) < 4.78 is 1.43. The van der Waals surface area contributed by atoms with Gasteiger partial charge in [0.1, 0.15) is 0 Å². The van der Waals surface area contributed by atoms with Gasteiger partial charge in [-0.25, -0.2) is 4.98 Å². The van der Waals surface area contributed by atoms with E-state index in [-0.39, 0.29) is 17.4 Å². The van der Waals surface area contributed by atoms with Crippen LogP contribution in [0.25, 0.3) is 11.2 Å². The number of hydrogen-bond donors (Lipinski definition) is 3. The van der Waals surface area contributed by atoms with Crippen LogP contribution in [0.3, 0.4) is 0 Å². The van der Waals surface area contributed by atoms with Gasteiger partial charge in [-0.3, -0.25) is 14.2 Å². The van der Waals surface area contributed by atoms with E-state index in [9.17, 15) is 9.59 Å². The number of aromatic nitrogens is 4. The highest BCUT2D eigenvalue weighted by Crippen LogP contribution is 2.07. The Balaban J connectivity index is 0.000000192. The lowest BCUT2D eigenvalue weighted by Crippen LogP contribution is -2.25. The van der Waals surface area contributed by atoms with Gasteiger partial charge >= 0.3 is 0 Å². The normalized spacial score (nSPS) is 10.3. The van der Waals surface area contributed by atoms with Crippen LogP contribution >= 0.6 is 0 Å². The number of H-pyrrole nitrogens is 1. The molecular formula is C20H20N6O2. The molecule has 0 unspecified atom stereocenters. The topological polar surface area (TPSA) is 133 Å². The molecule has 2 aromatic carbocycles. The van der Waals surface area contributed by atoms with Crippen LogP contribution in [-0.2, 0) is 6.54 Å². The Morgan fingerprint density at radius 1 is 1.11 bits per heavy atom. The third kappa shape index (κ3) is 4.07. The Bertz CT molecular complexity index is 1160. The van der Waals surface area contributed by atoms with Crippen LogP contribution in [0.4, 0.5) is 5.95 Å². The van der Waals surface area contributed by atoms with Crippen LogP contribution in [0.1, 0.15) is 21.5 Å². The Hall–Kier alpha value is -3.94. The molecule has 0 saturated carbocycles. The highest BCUT2D eigenvalue weighted by Gasteiger charge is 2.10. The zero-order valence-corrected chi connectivity index (χ0v) is 15.3. The number of aromatic amines is 1. The molecule has 1 amide bonds. The molecule has 2 heterocycles. The summed E-state index contributed by atoms with van der Waals surface area (Å²) in [6, 6.07) is 16.9. The molecule has 5 N–H and O–H groups in total. The molecule has 0 bridgehead atoms. The predicted molar refractivity (Wildman–Crippen MR) is 108 cm³/mol. The predicted octanol–water partition coefficient (Wildman–Crippen LogP) is 1.84. The summed E-state index contributed by atoms with van der Waals surface area (Å²) in [5.74, 6) is -0.193. The van der Waals surface area contributed by atoms with Crippen LogP contribution in [0.2, 0.25) is 0 Å². The number of fused-ring (bicyclic) bond motifs is 1. The lowest BCUT2D eigenvalue weighted by molar-refractivity contribution is 0.0999. The fraction of sp³-hybridized carbons (Fsp3) is 0.100. The minimum Gasteiger partial charge on any atom is -0.369 e. The minimum atomic E-state index is -0.363. The molecule has 0 fully saturated rings. The molecule has 2 aromatic heterocycles. The molecule has 0 saturated heterocycles. The molecule has 0 aliphatic carbocycles. The quantitative estimate of drug-likeness (QED) is 0.502. The summed E-state index contributed by atoms with van der Waals surface area (Å²) >= 11 is 0. The zero-order chi connectivity index (χ0) is 20.1. The van der Waals surface area contributed by atoms with E-state index >= 15 is 0 Å². The lowest BCUT2D eigenvalue weighted by atomic mass is 10.1. The second kappa shape index (κ2) is 8.17. The largest absolute Gasteiger partial charge is 0.369 e. The van der Waals surface area contributed by atoms with Crippen molar-refractivity contribution in [3.05, 3.63) is 88.0 Å². The number of rotatable bonds is 3. The molecule has 8 heteroatoms. The van der Waals surface area contributed by atoms with Crippen molar-refractivity contribution in [1.29, 1.82) is 0 Å². The van der Waals surface area contributed by atoms with E-state index in [1.807, 2.05) is 49.4 Å². The van der Waals surface area contributed by atoms with Gasteiger partial charge in [-0.15, -0.1) is 0 Å². The van der Waals surface area contributed by atoms with Gasteiger partial charge in [-0.1, -0.05) is 48.5 Å². The number of hydrogen-bond acceptors (Lipinski definition) is 5. The van der Waals surface area contributed by atoms with Gasteiger partial charge in [0, 0.05) is 5.56 Å². The van der Waals surface area contributed by atoms with Gasteiger partial charge in [0.25, 0.3) is 5.56 Å². The van der Waals surface area contributed by atoms with Crippen molar-refractivity contribution in [3.63, 3.8) is 0 Å². The average Bonchev–Trinajstić information content (AvgIpc) is 3.15. The SMILES string of the molecule is Cc1ccccc1C(N)=O.Nc1nc2nc[nH]c2c(=O)n1Cc1ccccc1. The summed E-state index contributed by atoms with van der Waals surface area (Å²) in [6.45, 7) is 2.26. The van der Waals surface area contributed by atoms with Gasteiger partial charge in [0.05, 0.1) is 12.9 Å². The zero-order valence-electron chi connectivity index (χ0n) is 15.3. The van der Waals surface area contributed by atoms with Gasteiger partial charge in [-0.2, -0.15) is 4.98 Å². The number of nitrogens with two attached hydrogens (primary N) is 2. The molecule has 0 atom stereocenters. The van der Waals surface area contributed by atoms with Gasteiger partial charge < -0.3 is 16.5 Å². The fourth-order valence-corrected chi connectivity index (χ4v) is 2.71. The number of nitrogens with one attached hydrogen (secondary N) is 1. The van der Waals surface area contributed by atoms with E-state index in [0.717, 1.165) is 11.1 Å². The summed E-state index contributed by atoms with van der Waals surface area (Å²) in [4.78, 5) is 33.6. The van der Waals surface area contributed by atoms with E-state index in [1.54, 1.807) is 12.1 Å². The first-order valence-electron chi connectivity index (χ1n) is 8.56. The van der Waals surface area contributed by atoms with Crippen molar-refractivity contribution in [1.82, 2.24) is 19.5 Å². The summed E-state index contributed by atoms with van der Waals surface area (Å²) in [5.41, 5.74) is 13.9. The summed E-state index contributed by atoms with van der Waals surface area (Å²) in [7, 11) is 0. The standard InChI is InChI=1S/C12H11N5O.C8H9NO/c13-12-16-10-9(14-7-15-10)11(18)17(12)6-8-4-2-1-3-5-8;1-6-4-2-3-5-7(6)8(9)10/h1-5,7H,6H2,(H2,13,16)(H,14,15);2-5H,1H3,(H2,9,10). The number of aryl methyl sites for hydroxylation is 1. The summed E-state index contributed by atoms with van der Waals surface area (Å²) in [5, 5.41) is 0. The second-order valence-corrected chi connectivity index (χ2v) is 6.13. The molecule has 8 nitrogen and oxygen atoms in total. The third-order valence-corrected chi connectivity index (χ3v) is 4.17. The number of anilines is 1. The molecule has 28 heavy (non-hydrogen) atoms. The Kier molecular flexibility index (Phi) is 5.50. The van der Waals surface area contributed by atoms with E-state index < -0.39 is 0 Å². The number of nitrogens with zero attached hydrogens (tertiary/aromatic N) is 3. The van der Waals surface area contributed by atoms with Crippen molar-refractivity contribution < 1.29 is 4.79 Å². The first-order valence-corrected chi connectivity index (χ1v) is 8.56. The molecular weight excluding hydrogens is 356 g/mol. The molecule has 0 aliphatic heterocycles. The third-order valence-electron chi connectivity index (χ3n) is 4.17. The van der Waals surface area contributed by atoms with Gasteiger partial charge in [0.2, 0.25) is 11.9 Å². The highest BCUT2D eigenvalue weighted by molar-refractivity contribution is 5.94. The van der Waals surface area contributed by atoms with Crippen molar-refractivity contribution in [2.75, 3.05) is 5.73 Å². The van der Waals surface area contributed by atoms with Crippen LogP contribution in [0.5, 0.6) is 0 Å². The fourth-order valence-electron chi connectivity index (χ4n) is 2.71. The van der Waals surface area contributed by atoms with Crippen LogP contribution in [0, 0.1) is 6.92 Å². The number of primary amides is 1. The van der Waals surface area contributed by atoms with E-state index in [4.69, 9.17) is 11.5 Å². The maximum atomic E-state index is 12.2. The molecule has 4 rings (SSSR count). The summed E-state index contributed by atoms with van der Waals surface area (Å²) in [6.07, 6.45) is 1.44. The van der Waals surface area contributed by atoms with Crippen LogP contribution < -0.4 is 17.0 Å². The maximum absolute atomic E-state index is 12.2. The number of carbonyl (C=O) groups excluding carboxylic acids is 1. The molecule has 0 spiro atoms. The lowest BCUT2D eigenvalue weighted by Gasteiger charge is -2.08. The average molecular weight is 376 g/mol. The van der Waals surface area contributed by atoms with Crippen LogP contribution in [-0.4, -0.2) is 25.4 Å². The van der Waals surface area contributed by atoms with Crippen molar-refractivity contribution in [2.24, 2.45) is 5.73 Å². The number of benzene rings is 2. The first kappa shape index (κ1) is 18.8. The Labute approximate surface area is 160 Å². The smallest absolute Gasteiger partial charge is 0.281 e. The molecule has 0 radical (unpaired) electrons. The van der Waals surface area contributed by atoms with Crippen molar-refractivity contribution in [2.45, 2.75) is 13.5 Å².